The van der Waals surface area contributed by atoms with Crippen molar-refractivity contribution in [1.29, 1.82) is 0 Å². The summed E-state index contributed by atoms with van der Waals surface area (Å²) in [5.41, 5.74) is 1.90. The molecule has 4 nitrogen and oxygen atoms in total. The molecule has 1 aromatic carbocycles. The molecule has 0 heterocycles. The Balaban J connectivity index is 2.88. The molecule has 0 N–H and O–H groups in total. The number of carbonyl (C=O) groups excluding carboxylic acids is 2. The van der Waals surface area contributed by atoms with Crippen molar-refractivity contribution in [2.45, 2.75) is 6.92 Å². The lowest BCUT2D eigenvalue weighted by Crippen LogP contribution is -2.14. The van der Waals surface area contributed by atoms with Gasteiger partial charge < -0.3 is 9.47 Å². The van der Waals surface area contributed by atoms with Gasteiger partial charge in [0, 0.05) is 0 Å². The summed E-state index contributed by atoms with van der Waals surface area (Å²) >= 11 is 0. The highest BCUT2D eigenvalue weighted by molar-refractivity contribution is 5.91. The molecule has 0 radical (unpaired) electrons. The molecular weight excluding hydrogens is 232 g/mol. The first kappa shape index (κ1) is 14.0. The summed E-state index contributed by atoms with van der Waals surface area (Å²) < 4.78 is 9.26. The smallest absolute Gasteiger partial charge is 0.337 e. The maximum absolute atomic E-state index is 11.4. The third-order valence-corrected chi connectivity index (χ3v) is 2.75. The minimum atomic E-state index is -0.418. The van der Waals surface area contributed by atoms with Crippen molar-refractivity contribution in [3.63, 3.8) is 0 Å². The Kier molecular flexibility index (Phi) is 4.66. The first-order valence-electron chi connectivity index (χ1n) is 5.46. The number of hydrogen-bond donors (Lipinski definition) is 0. The van der Waals surface area contributed by atoms with Crippen LogP contribution < -0.4 is 0 Å². The molecular formula is C14H16O4. The highest BCUT2D eigenvalue weighted by Crippen LogP contribution is 2.22. The zero-order valence-corrected chi connectivity index (χ0v) is 10.7. The van der Waals surface area contributed by atoms with E-state index in [2.05, 4.69) is 16.1 Å². The first-order valence-corrected chi connectivity index (χ1v) is 5.46. The van der Waals surface area contributed by atoms with Crippen molar-refractivity contribution < 1.29 is 19.1 Å². The molecule has 18 heavy (non-hydrogen) atoms. The zero-order chi connectivity index (χ0) is 13.7. The molecule has 0 aliphatic heterocycles. The Morgan fingerprint density at radius 2 is 1.56 bits per heavy atom. The van der Waals surface area contributed by atoms with Gasteiger partial charge in [-0.3, -0.25) is 4.79 Å². The van der Waals surface area contributed by atoms with Crippen LogP contribution in [-0.2, 0) is 14.3 Å². The van der Waals surface area contributed by atoms with E-state index in [1.54, 1.807) is 31.2 Å². The number of carbonyl (C=O) groups is 2. The van der Waals surface area contributed by atoms with Crippen LogP contribution in [0.2, 0.25) is 0 Å². The molecule has 0 aromatic heterocycles. The van der Waals surface area contributed by atoms with Crippen LogP contribution in [0.4, 0.5) is 0 Å². The lowest BCUT2D eigenvalue weighted by molar-refractivity contribution is -0.142. The van der Waals surface area contributed by atoms with Gasteiger partial charge in [0.1, 0.15) is 0 Å². The number of esters is 2. The molecule has 4 heteroatoms. The van der Waals surface area contributed by atoms with Crippen LogP contribution in [0.1, 0.15) is 22.8 Å². The number of ether oxygens (including phenoxy) is 2. The normalized spacial score (nSPS) is 11.5. The van der Waals surface area contributed by atoms with Crippen molar-refractivity contribution in [2.75, 3.05) is 14.2 Å². The summed E-state index contributed by atoms with van der Waals surface area (Å²) in [6, 6.07) is 6.73. The van der Waals surface area contributed by atoms with Gasteiger partial charge in [0.05, 0.1) is 25.7 Å². The van der Waals surface area contributed by atoms with Crippen LogP contribution in [-0.4, -0.2) is 26.2 Å². The highest BCUT2D eigenvalue weighted by atomic mass is 16.5. The number of hydrogen-bond acceptors (Lipinski definition) is 4. The minimum absolute atomic E-state index is 0.336. The fourth-order valence-corrected chi connectivity index (χ4v) is 1.51. The zero-order valence-electron chi connectivity index (χ0n) is 10.7. The monoisotopic (exact) mass is 248 g/mol. The van der Waals surface area contributed by atoms with E-state index in [0.29, 0.717) is 11.1 Å². The molecule has 0 fully saturated rings. The van der Waals surface area contributed by atoms with Crippen molar-refractivity contribution in [1.82, 2.24) is 0 Å². The van der Waals surface area contributed by atoms with Gasteiger partial charge in [0.2, 0.25) is 0 Å². The topological polar surface area (TPSA) is 52.6 Å². The van der Waals surface area contributed by atoms with Crippen LogP contribution in [0, 0.1) is 5.92 Å². The van der Waals surface area contributed by atoms with Gasteiger partial charge in [-0.15, -0.1) is 0 Å². The van der Waals surface area contributed by atoms with Crippen LogP contribution >= 0.6 is 0 Å². The number of rotatable bonds is 4. The molecule has 0 aliphatic carbocycles. The van der Waals surface area contributed by atoms with Gasteiger partial charge in [-0.2, -0.15) is 0 Å². The van der Waals surface area contributed by atoms with Gasteiger partial charge in [0.25, 0.3) is 0 Å². The largest absolute Gasteiger partial charge is 0.469 e. The summed E-state index contributed by atoms with van der Waals surface area (Å²) in [6.07, 6.45) is 0. The molecule has 1 rings (SSSR count). The molecule has 1 atom stereocenters. The summed E-state index contributed by atoms with van der Waals surface area (Å²) in [5, 5.41) is 0. The van der Waals surface area contributed by atoms with E-state index in [1.165, 1.54) is 14.2 Å². The third kappa shape index (κ3) is 2.97. The van der Waals surface area contributed by atoms with Crippen molar-refractivity contribution in [3.05, 3.63) is 42.0 Å². The van der Waals surface area contributed by atoms with Gasteiger partial charge >= 0.3 is 11.9 Å². The highest BCUT2D eigenvalue weighted by Gasteiger charge is 2.18. The third-order valence-electron chi connectivity index (χ3n) is 2.75. The molecule has 0 spiro atoms. The summed E-state index contributed by atoms with van der Waals surface area (Å²) in [4.78, 5) is 22.7. The predicted molar refractivity (Wildman–Crippen MR) is 68.0 cm³/mol. The summed E-state index contributed by atoms with van der Waals surface area (Å²) in [6.45, 7) is 5.60. The Morgan fingerprint density at radius 1 is 1.06 bits per heavy atom. The van der Waals surface area contributed by atoms with Crippen LogP contribution in [0.5, 0.6) is 0 Å². The van der Waals surface area contributed by atoms with E-state index in [-0.39, 0.29) is 5.97 Å². The van der Waals surface area contributed by atoms with Crippen LogP contribution in [0.15, 0.2) is 30.8 Å². The molecule has 0 saturated heterocycles. The van der Waals surface area contributed by atoms with Gasteiger partial charge in [-0.1, -0.05) is 18.7 Å². The van der Waals surface area contributed by atoms with Gasteiger partial charge in [-0.25, -0.2) is 4.79 Å². The van der Waals surface area contributed by atoms with Crippen molar-refractivity contribution in [2.24, 2.45) is 5.92 Å². The van der Waals surface area contributed by atoms with Crippen LogP contribution in [0.3, 0.4) is 0 Å². The maximum atomic E-state index is 11.4. The van der Waals surface area contributed by atoms with E-state index >= 15 is 0 Å². The minimum Gasteiger partial charge on any atom is -0.469 e. The SMILES string of the molecule is C=C(c1ccc(C(=O)OC)cc1)C(C)C(=O)OC. The second kappa shape index (κ2) is 6.00. The second-order valence-corrected chi connectivity index (χ2v) is 3.84. The molecule has 1 unspecified atom stereocenters. The Bertz CT molecular complexity index is 459. The van der Waals surface area contributed by atoms with Crippen LogP contribution in [0.25, 0.3) is 5.57 Å². The fourth-order valence-electron chi connectivity index (χ4n) is 1.51. The Labute approximate surface area is 106 Å². The lowest BCUT2D eigenvalue weighted by Gasteiger charge is -2.12. The second-order valence-electron chi connectivity index (χ2n) is 3.84. The van der Waals surface area contributed by atoms with E-state index in [9.17, 15) is 9.59 Å². The number of methoxy groups -OCH3 is 2. The summed E-state index contributed by atoms with van der Waals surface area (Å²) in [5.74, 6) is -1.15. The molecule has 0 saturated carbocycles. The number of benzene rings is 1. The van der Waals surface area contributed by atoms with Crippen molar-refractivity contribution in [3.8, 4) is 0 Å². The van der Waals surface area contributed by atoms with E-state index < -0.39 is 11.9 Å². The average molecular weight is 248 g/mol. The van der Waals surface area contributed by atoms with Gasteiger partial charge in [-0.05, 0) is 30.2 Å². The van der Waals surface area contributed by atoms with Gasteiger partial charge in [0.15, 0.2) is 0 Å². The maximum Gasteiger partial charge on any atom is 0.337 e. The van der Waals surface area contributed by atoms with E-state index in [4.69, 9.17) is 0 Å². The van der Waals surface area contributed by atoms with E-state index in [0.717, 1.165) is 5.56 Å². The average Bonchev–Trinajstić information content (AvgIpc) is 2.44. The molecule has 1 aromatic rings. The molecule has 96 valence electrons. The molecule has 0 aliphatic rings. The van der Waals surface area contributed by atoms with Crippen molar-refractivity contribution >= 4 is 17.5 Å². The van der Waals surface area contributed by atoms with E-state index in [1.807, 2.05) is 0 Å². The Hall–Kier alpha value is -2.10. The quantitative estimate of drug-likeness (QED) is 0.767. The Morgan fingerprint density at radius 3 is 2.00 bits per heavy atom. The molecule has 0 bridgehead atoms. The standard InChI is InChI=1S/C14H16O4/c1-9(10(2)13(15)17-3)11-5-7-12(8-6-11)14(16)18-4/h5-8,10H,1H2,2-4H3. The summed E-state index contributed by atoms with van der Waals surface area (Å²) in [7, 11) is 2.67. The predicted octanol–water partition coefficient (Wildman–Crippen LogP) is 2.30. The fraction of sp³-hybridized carbons (Fsp3) is 0.286. The first-order chi connectivity index (χ1) is 8.51. The molecule has 0 amide bonds. The lowest BCUT2D eigenvalue weighted by atomic mass is 9.95.